The number of nitrogens with zero attached hydrogens (tertiary/aromatic N) is 4. The highest BCUT2D eigenvalue weighted by atomic mass is 32.2. The van der Waals surface area contributed by atoms with Crippen molar-refractivity contribution in [1.82, 2.24) is 15.0 Å². The van der Waals surface area contributed by atoms with E-state index in [1.165, 1.54) is 17.3 Å². The number of benzene rings is 2. The number of carboxylic acid groups (broad SMARTS) is 1. The molecule has 1 aliphatic rings. The van der Waals surface area contributed by atoms with E-state index in [1.54, 1.807) is 11.8 Å². The third kappa shape index (κ3) is 4.16. The molecule has 3 aromatic rings. The lowest BCUT2D eigenvalue weighted by Crippen LogP contribution is -2.25. The smallest absolute Gasteiger partial charge is 0.359 e. The summed E-state index contributed by atoms with van der Waals surface area (Å²) in [4.78, 5) is 11.6. The van der Waals surface area contributed by atoms with Crippen molar-refractivity contribution in [2.75, 3.05) is 7.11 Å². The van der Waals surface area contributed by atoms with Crippen LogP contribution in [0.25, 0.3) is 0 Å². The summed E-state index contributed by atoms with van der Waals surface area (Å²) in [5.74, 6) is 0.123. The zero-order chi connectivity index (χ0) is 21.1. The van der Waals surface area contributed by atoms with E-state index in [9.17, 15) is 9.90 Å². The van der Waals surface area contributed by atoms with E-state index in [0.717, 1.165) is 24.2 Å². The van der Waals surface area contributed by atoms with E-state index in [4.69, 9.17) is 10.00 Å². The van der Waals surface area contributed by atoms with Gasteiger partial charge in [0, 0.05) is 5.25 Å². The number of thioether (sulfide) groups is 1. The zero-order valence-corrected chi connectivity index (χ0v) is 17.2. The predicted molar refractivity (Wildman–Crippen MR) is 112 cm³/mol. The van der Waals surface area contributed by atoms with E-state index in [2.05, 4.69) is 16.4 Å². The van der Waals surface area contributed by atoms with Crippen LogP contribution in [0.15, 0.2) is 53.6 Å². The minimum Gasteiger partial charge on any atom is -0.497 e. The lowest BCUT2D eigenvalue weighted by molar-refractivity contribution is 0.0686. The Kier molecular flexibility index (Phi) is 5.72. The summed E-state index contributed by atoms with van der Waals surface area (Å²) in [6.07, 6.45) is 1.90. The molecule has 1 aromatic heterocycles. The zero-order valence-electron chi connectivity index (χ0n) is 16.4. The maximum absolute atomic E-state index is 11.6. The van der Waals surface area contributed by atoms with Gasteiger partial charge in [0.2, 0.25) is 5.69 Å². The van der Waals surface area contributed by atoms with Crippen molar-refractivity contribution in [3.05, 3.63) is 70.9 Å². The van der Waals surface area contributed by atoms with Gasteiger partial charge < -0.3 is 9.84 Å². The number of ether oxygens (including phenoxy) is 1. The molecule has 0 unspecified atom stereocenters. The Morgan fingerprint density at radius 2 is 1.93 bits per heavy atom. The molecule has 1 fully saturated rings. The number of rotatable bonds is 7. The maximum atomic E-state index is 11.6. The standard InChI is InChI=1S/C22H20N4O3S/c1-29-18-8-4-15(5-9-18)13-26-21(20(22(27)28)24-25-26)30-19-10-17(11-19)16-6-2-14(12-23)3-7-16/h2-9,17,19H,10-11,13H2,1H3,(H,27,28). The largest absolute Gasteiger partial charge is 0.497 e. The van der Waals surface area contributed by atoms with Crippen LogP contribution in [-0.2, 0) is 6.54 Å². The number of carboxylic acids is 1. The summed E-state index contributed by atoms with van der Waals surface area (Å²) in [5, 5.41) is 27.3. The molecule has 0 bridgehead atoms. The van der Waals surface area contributed by atoms with Crippen LogP contribution in [-0.4, -0.2) is 38.4 Å². The molecule has 0 saturated heterocycles. The quantitative estimate of drug-likeness (QED) is 0.618. The van der Waals surface area contributed by atoms with Gasteiger partial charge in [-0.1, -0.05) is 29.5 Å². The number of hydrogen-bond donors (Lipinski definition) is 1. The first-order valence-corrected chi connectivity index (χ1v) is 10.4. The second kappa shape index (κ2) is 8.59. The number of aromatic nitrogens is 3. The normalized spacial score (nSPS) is 17.7. The Bertz CT molecular complexity index is 1080. The molecule has 1 saturated carbocycles. The van der Waals surface area contributed by atoms with E-state index in [0.29, 0.717) is 28.3 Å². The van der Waals surface area contributed by atoms with Crippen LogP contribution >= 0.6 is 11.8 Å². The maximum Gasteiger partial charge on any atom is 0.359 e. The SMILES string of the molecule is COc1ccc(Cn2nnc(C(=O)O)c2SC2CC(c3ccc(C#N)cc3)C2)cc1. The number of methoxy groups -OCH3 is 1. The Hall–Kier alpha value is -3.31. The second-order valence-electron chi connectivity index (χ2n) is 7.20. The van der Waals surface area contributed by atoms with Crippen molar-refractivity contribution < 1.29 is 14.6 Å². The summed E-state index contributed by atoms with van der Waals surface area (Å²) < 4.78 is 6.84. The monoisotopic (exact) mass is 420 g/mol. The van der Waals surface area contributed by atoms with Gasteiger partial charge in [-0.15, -0.1) is 16.9 Å². The fourth-order valence-electron chi connectivity index (χ4n) is 3.48. The minimum atomic E-state index is -1.07. The van der Waals surface area contributed by atoms with Crippen LogP contribution in [0.5, 0.6) is 5.75 Å². The van der Waals surface area contributed by atoms with Crippen molar-refractivity contribution in [2.24, 2.45) is 0 Å². The van der Waals surface area contributed by atoms with Crippen LogP contribution in [0.4, 0.5) is 0 Å². The molecule has 0 amide bonds. The van der Waals surface area contributed by atoms with Crippen LogP contribution in [0.3, 0.4) is 0 Å². The summed E-state index contributed by atoms with van der Waals surface area (Å²) in [7, 11) is 1.62. The van der Waals surface area contributed by atoms with Gasteiger partial charge in [-0.05, 0) is 54.2 Å². The van der Waals surface area contributed by atoms with Gasteiger partial charge in [0.05, 0.1) is 25.3 Å². The molecule has 2 aromatic carbocycles. The first kappa shape index (κ1) is 20.0. The molecule has 0 spiro atoms. The molecule has 152 valence electrons. The number of carbonyl (C=O) groups is 1. The highest BCUT2D eigenvalue weighted by molar-refractivity contribution is 8.00. The van der Waals surface area contributed by atoms with E-state index >= 15 is 0 Å². The van der Waals surface area contributed by atoms with Crippen molar-refractivity contribution in [2.45, 2.75) is 35.6 Å². The molecule has 1 N–H and O–H groups in total. The number of nitriles is 1. The highest BCUT2D eigenvalue weighted by Crippen LogP contribution is 2.46. The molecule has 4 rings (SSSR count). The topological polar surface area (TPSA) is 101 Å². The third-order valence-electron chi connectivity index (χ3n) is 5.27. The number of aromatic carboxylic acids is 1. The van der Waals surface area contributed by atoms with Gasteiger partial charge in [-0.2, -0.15) is 5.26 Å². The van der Waals surface area contributed by atoms with E-state index < -0.39 is 5.97 Å². The molecule has 8 heteroatoms. The van der Waals surface area contributed by atoms with Crippen molar-refractivity contribution >= 4 is 17.7 Å². The number of hydrogen-bond acceptors (Lipinski definition) is 6. The molecule has 0 atom stereocenters. The molecule has 0 aliphatic heterocycles. The highest BCUT2D eigenvalue weighted by Gasteiger charge is 2.33. The average Bonchev–Trinajstić information content (AvgIpc) is 3.13. The average molecular weight is 420 g/mol. The Morgan fingerprint density at radius 3 is 2.53 bits per heavy atom. The minimum absolute atomic E-state index is 0.00432. The first-order chi connectivity index (χ1) is 14.6. The molecule has 1 heterocycles. The van der Waals surface area contributed by atoms with Crippen LogP contribution in [0, 0.1) is 11.3 Å². The fourth-order valence-corrected chi connectivity index (χ4v) is 4.92. The third-order valence-corrected chi connectivity index (χ3v) is 6.61. The predicted octanol–water partition coefficient (Wildman–Crippen LogP) is 3.94. The Morgan fingerprint density at radius 1 is 1.23 bits per heavy atom. The van der Waals surface area contributed by atoms with Gasteiger partial charge in [0.1, 0.15) is 10.8 Å². The molecule has 30 heavy (non-hydrogen) atoms. The van der Waals surface area contributed by atoms with Gasteiger partial charge in [-0.3, -0.25) is 0 Å². The lowest BCUT2D eigenvalue weighted by Gasteiger charge is -2.35. The van der Waals surface area contributed by atoms with Crippen LogP contribution < -0.4 is 4.74 Å². The summed E-state index contributed by atoms with van der Waals surface area (Å²) in [5.41, 5.74) is 2.86. The van der Waals surface area contributed by atoms with Gasteiger partial charge in [0.15, 0.2) is 0 Å². The second-order valence-corrected chi connectivity index (χ2v) is 8.49. The van der Waals surface area contributed by atoms with E-state index in [1.807, 2.05) is 48.5 Å². The first-order valence-electron chi connectivity index (χ1n) is 9.53. The summed E-state index contributed by atoms with van der Waals surface area (Å²) in [6, 6.07) is 17.4. The van der Waals surface area contributed by atoms with Crippen LogP contribution in [0.1, 0.15) is 45.9 Å². The van der Waals surface area contributed by atoms with Crippen molar-refractivity contribution in [3.8, 4) is 11.8 Å². The van der Waals surface area contributed by atoms with E-state index in [-0.39, 0.29) is 5.69 Å². The fraction of sp³-hybridized carbons (Fsp3) is 0.273. The lowest BCUT2D eigenvalue weighted by atomic mass is 9.79. The molecular weight excluding hydrogens is 400 g/mol. The van der Waals surface area contributed by atoms with Gasteiger partial charge in [0.25, 0.3) is 0 Å². The molecule has 1 aliphatic carbocycles. The van der Waals surface area contributed by atoms with Crippen molar-refractivity contribution in [1.29, 1.82) is 5.26 Å². The summed E-state index contributed by atoms with van der Waals surface area (Å²) in [6.45, 7) is 0.443. The summed E-state index contributed by atoms with van der Waals surface area (Å²) >= 11 is 1.53. The van der Waals surface area contributed by atoms with Crippen LogP contribution in [0.2, 0.25) is 0 Å². The molecule has 0 radical (unpaired) electrons. The Balaban J connectivity index is 1.46. The Labute approximate surface area is 178 Å². The van der Waals surface area contributed by atoms with Gasteiger partial charge in [-0.25, -0.2) is 9.48 Å². The molecular formula is C22H20N4O3S. The molecule has 7 nitrogen and oxygen atoms in total. The van der Waals surface area contributed by atoms with Crippen molar-refractivity contribution in [3.63, 3.8) is 0 Å². The van der Waals surface area contributed by atoms with Gasteiger partial charge >= 0.3 is 5.97 Å².